The predicted octanol–water partition coefficient (Wildman–Crippen LogP) is 2.92. The quantitative estimate of drug-likeness (QED) is 0.597. The zero-order valence-electron chi connectivity index (χ0n) is 16.2. The maximum absolute atomic E-state index is 14.0. The molecule has 11 heteroatoms. The predicted molar refractivity (Wildman–Crippen MR) is 100 cm³/mol. The van der Waals surface area contributed by atoms with E-state index in [-0.39, 0.29) is 28.6 Å². The normalized spacial score (nSPS) is 13.2. The monoisotopic (exact) mass is 413 g/mol. The van der Waals surface area contributed by atoms with Crippen LogP contribution in [-0.2, 0) is 4.74 Å². The first-order valence-corrected chi connectivity index (χ1v) is 8.80. The molecule has 0 saturated heterocycles. The van der Waals surface area contributed by atoms with Crippen molar-refractivity contribution in [3.63, 3.8) is 0 Å². The van der Waals surface area contributed by atoms with Crippen molar-refractivity contribution in [3.05, 3.63) is 48.0 Å². The number of anilines is 1. The first-order valence-electron chi connectivity index (χ1n) is 8.80. The van der Waals surface area contributed by atoms with Crippen LogP contribution in [0.25, 0.3) is 11.5 Å². The Labute approximate surface area is 169 Å². The van der Waals surface area contributed by atoms with Crippen LogP contribution in [0, 0.1) is 5.82 Å². The van der Waals surface area contributed by atoms with Crippen LogP contribution in [0.5, 0.6) is 11.5 Å². The van der Waals surface area contributed by atoms with E-state index in [1.54, 1.807) is 32.9 Å². The van der Waals surface area contributed by atoms with Crippen molar-refractivity contribution >= 4 is 17.8 Å². The summed E-state index contributed by atoms with van der Waals surface area (Å²) in [6.45, 7) is 4.92. The molecule has 30 heavy (non-hydrogen) atoms. The zero-order chi connectivity index (χ0) is 21.6. The lowest BCUT2D eigenvalue weighted by Crippen LogP contribution is -2.42. The van der Waals surface area contributed by atoms with Gasteiger partial charge in [0.05, 0.1) is 5.56 Å². The third-order valence-electron chi connectivity index (χ3n) is 3.97. The summed E-state index contributed by atoms with van der Waals surface area (Å²) < 4.78 is 20.5. The van der Waals surface area contributed by atoms with Crippen molar-refractivity contribution in [2.24, 2.45) is 0 Å². The van der Waals surface area contributed by atoms with E-state index >= 15 is 0 Å². The molecular formula is C19H16FN5O5. The Bertz CT molecular complexity index is 1170. The summed E-state index contributed by atoms with van der Waals surface area (Å²) in [6.07, 6.45) is 0.199. The molecule has 2 aromatic heterocycles. The Morgan fingerprint density at radius 1 is 1.27 bits per heavy atom. The van der Waals surface area contributed by atoms with E-state index in [4.69, 9.17) is 9.57 Å². The van der Waals surface area contributed by atoms with E-state index in [0.29, 0.717) is 4.90 Å². The number of phenols is 1. The summed E-state index contributed by atoms with van der Waals surface area (Å²) in [6, 6.07) is 6.25. The lowest BCUT2D eigenvalue weighted by molar-refractivity contribution is 0.0562. The molecule has 1 aliphatic heterocycles. The Morgan fingerprint density at radius 2 is 2.03 bits per heavy atom. The van der Waals surface area contributed by atoms with Crippen LogP contribution in [0.1, 0.15) is 31.1 Å². The summed E-state index contributed by atoms with van der Waals surface area (Å²) >= 11 is 0. The van der Waals surface area contributed by atoms with Crippen LogP contribution in [0.15, 0.2) is 36.7 Å². The topological polar surface area (TPSA) is 120 Å². The number of aromatic hydroxyl groups is 1. The van der Waals surface area contributed by atoms with Gasteiger partial charge >= 0.3 is 6.09 Å². The number of imide groups is 1. The van der Waals surface area contributed by atoms with E-state index in [2.05, 4.69) is 15.2 Å². The molecule has 4 rings (SSSR count). The molecule has 0 atom stereocenters. The number of pyridine rings is 1. The van der Waals surface area contributed by atoms with Crippen molar-refractivity contribution in [2.75, 3.05) is 4.90 Å². The standard InChI is InChI=1S/C19H16FN5O5/c1-19(2,3)29-18(28)25-15-6-4-5-12(22-15)16-23-21-9-24(16)30-14-8-11(20)13(26)7-10(14)17(25)27/h4-9,26H,1-3H3. The minimum Gasteiger partial charge on any atom is -0.505 e. The van der Waals surface area contributed by atoms with E-state index in [0.717, 1.165) is 16.9 Å². The fraction of sp³-hybridized carbons (Fsp3) is 0.211. The SMILES string of the molecule is CC(C)(C)OC(=O)N1C(=O)c2cc(O)c(F)cc2On2cnnc2-c2cccc1n2. The minimum absolute atomic E-state index is 0.0574. The summed E-state index contributed by atoms with van der Waals surface area (Å²) in [7, 11) is 0. The molecule has 0 aliphatic carbocycles. The van der Waals surface area contributed by atoms with E-state index in [9.17, 15) is 19.1 Å². The first-order chi connectivity index (χ1) is 14.1. The summed E-state index contributed by atoms with van der Waals surface area (Å²) in [5, 5.41) is 17.5. The number of aromatic nitrogens is 4. The number of hydrogen-bond donors (Lipinski definition) is 1. The van der Waals surface area contributed by atoms with Gasteiger partial charge in [-0.2, -0.15) is 4.90 Å². The van der Waals surface area contributed by atoms with Crippen LogP contribution in [0.3, 0.4) is 0 Å². The average molecular weight is 413 g/mol. The van der Waals surface area contributed by atoms with Gasteiger partial charge in [-0.1, -0.05) is 6.07 Å². The molecule has 0 saturated carbocycles. The number of amides is 2. The molecule has 0 radical (unpaired) electrons. The third-order valence-corrected chi connectivity index (χ3v) is 3.97. The molecule has 0 unspecified atom stereocenters. The van der Waals surface area contributed by atoms with Gasteiger partial charge in [0.25, 0.3) is 5.91 Å². The third kappa shape index (κ3) is 3.41. The maximum atomic E-state index is 14.0. The molecule has 154 valence electrons. The highest BCUT2D eigenvalue weighted by molar-refractivity contribution is 6.20. The highest BCUT2D eigenvalue weighted by Crippen LogP contribution is 2.32. The molecule has 3 heterocycles. The Balaban J connectivity index is 1.97. The highest BCUT2D eigenvalue weighted by atomic mass is 19.1. The number of halogens is 1. The zero-order valence-corrected chi connectivity index (χ0v) is 16.2. The molecule has 1 N–H and O–H groups in total. The number of phenolic OH excluding ortho intramolecular Hbond substituents is 1. The van der Waals surface area contributed by atoms with Crippen molar-refractivity contribution in [1.29, 1.82) is 0 Å². The molecule has 1 aromatic carbocycles. The second-order valence-electron chi connectivity index (χ2n) is 7.37. The molecule has 0 fully saturated rings. The first kappa shape index (κ1) is 19.3. The molecular weight excluding hydrogens is 397 g/mol. The number of hydrogen-bond acceptors (Lipinski definition) is 8. The minimum atomic E-state index is -1.02. The van der Waals surface area contributed by atoms with Crippen molar-refractivity contribution in [3.8, 4) is 23.0 Å². The van der Waals surface area contributed by atoms with Gasteiger partial charge in [-0.3, -0.25) is 4.79 Å². The number of fused-ring (bicyclic) bond motifs is 5. The van der Waals surface area contributed by atoms with Crippen LogP contribution < -0.4 is 9.74 Å². The van der Waals surface area contributed by atoms with Gasteiger partial charge in [-0.05, 0) is 39.0 Å². The number of rotatable bonds is 0. The Kier molecular flexibility index (Phi) is 4.37. The summed E-state index contributed by atoms with van der Waals surface area (Å²) in [5.74, 6) is -2.93. The summed E-state index contributed by atoms with van der Waals surface area (Å²) in [5.41, 5.74) is -0.961. The van der Waals surface area contributed by atoms with Gasteiger partial charge in [0.1, 0.15) is 17.1 Å². The Morgan fingerprint density at radius 3 is 2.77 bits per heavy atom. The lowest BCUT2D eigenvalue weighted by atomic mass is 10.1. The van der Waals surface area contributed by atoms with Crippen LogP contribution in [0.2, 0.25) is 0 Å². The molecule has 3 aromatic rings. The number of carbonyl (C=O) groups is 2. The number of nitrogens with zero attached hydrogens (tertiary/aromatic N) is 5. The molecule has 1 aliphatic rings. The van der Waals surface area contributed by atoms with Crippen molar-refractivity contribution < 1.29 is 28.7 Å². The van der Waals surface area contributed by atoms with Crippen LogP contribution in [-0.4, -0.2) is 42.6 Å². The van der Waals surface area contributed by atoms with E-state index in [1.807, 2.05) is 0 Å². The smallest absolute Gasteiger partial charge is 0.423 e. The van der Waals surface area contributed by atoms with Gasteiger partial charge in [0.2, 0.25) is 5.82 Å². The fourth-order valence-corrected chi connectivity index (χ4v) is 2.73. The second-order valence-corrected chi connectivity index (χ2v) is 7.37. The van der Waals surface area contributed by atoms with E-state index < -0.39 is 29.2 Å². The largest absolute Gasteiger partial charge is 0.505 e. The number of carbonyl (C=O) groups excluding carboxylic acids is 2. The molecule has 2 amide bonds. The average Bonchev–Trinajstić information content (AvgIpc) is 3.11. The number of ether oxygens (including phenoxy) is 1. The van der Waals surface area contributed by atoms with Gasteiger partial charge in [-0.25, -0.2) is 14.2 Å². The fourth-order valence-electron chi connectivity index (χ4n) is 2.73. The van der Waals surface area contributed by atoms with Gasteiger partial charge in [-0.15, -0.1) is 14.9 Å². The lowest BCUT2D eigenvalue weighted by Gasteiger charge is -2.26. The van der Waals surface area contributed by atoms with Crippen molar-refractivity contribution in [2.45, 2.75) is 26.4 Å². The Hall–Kier alpha value is -4.02. The van der Waals surface area contributed by atoms with Crippen LogP contribution >= 0.6 is 0 Å². The van der Waals surface area contributed by atoms with Crippen molar-refractivity contribution in [1.82, 2.24) is 19.9 Å². The van der Waals surface area contributed by atoms with E-state index in [1.165, 1.54) is 12.4 Å². The van der Waals surface area contributed by atoms with Gasteiger partial charge < -0.3 is 14.7 Å². The summed E-state index contributed by atoms with van der Waals surface area (Å²) in [4.78, 5) is 36.8. The second kappa shape index (κ2) is 6.79. The maximum Gasteiger partial charge on any atom is 0.423 e. The molecule has 0 spiro atoms. The van der Waals surface area contributed by atoms with Gasteiger partial charge in [0, 0.05) is 6.07 Å². The number of benzene rings is 1. The highest BCUT2D eigenvalue weighted by Gasteiger charge is 2.34. The molecule has 2 bridgehead atoms. The van der Waals surface area contributed by atoms with Gasteiger partial charge in [0.15, 0.2) is 23.6 Å². The van der Waals surface area contributed by atoms with Crippen LogP contribution in [0.4, 0.5) is 15.0 Å². The molecule has 10 nitrogen and oxygen atoms in total.